The minimum Gasteiger partial charge on any atom is -0.299 e. The fourth-order valence-corrected chi connectivity index (χ4v) is 1.82. The van der Waals surface area contributed by atoms with Gasteiger partial charge < -0.3 is 0 Å². The van der Waals surface area contributed by atoms with Crippen molar-refractivity contribution in [3.8, 4) is 0 Å². The molecule has 1 rings (SSSR count). The normalized spacial score (nSPS) is 10.9. The molecule has 0 unspecified atom stereocenters. The van der Waals surface area contributed by atoms with E-state index < -0.39 is 0 Å². The van der Waals surface area contributed by atoms with Crippen LogP contribution < -0.4 is 0 Å². The lowest BCUT2D eigenvalue weighted by atomic mass is 9.99. The maximum Gasteiger partial charge on any atom is 0.142 e. The number of carbonyl (C=O) groups is 1. The molecule has 16 heavy (non-hydrogen) atoms. The smallest absolute Gasteiger partial charge is 0.142 e. The monoisotopic (exact) mass is 216 g/mol. The molecule has 0 bridgehead atoms. The van der Waals surface area contributed by atoms with Crippen LogP contribution in [0.25, 0.3) is 6.08 Å². The lowest BCUT2D eigenvalue weighted by Crippen LogP contribution is -1.91. The Morgan fingerprint density at radius 3 is 2.75 bits per heavy atom. The third-order valence-corrected chi connectivity index (χ3v) is 2.70. The lowest BCUT2D eigenvalue weighted by molar-refractivity contribution is -0.104. The van der Waals surface area contributed by atoms with E-state index in [1.54, 1.807) is 6.08 Å². The molecule has 0 spiro atoms. The first-order valence-corrected chi connectivity index (χ1v) is 5.99. The van der Waals surface area contributed by atoms with Gasteiger partial charge in [-0.3, -0.25) is 4.79 Å². The molecule has 1 nitrogen and oxygen atoms in total. The number of carbonyl (C=O) groups excluding carboxylic acids is 1. The Morgan fingerprint density at radius 2 is 2.06 bits per heavy atom. The van der Waals surface area contributed by atoms with Crippen LogP contribution in [0.15, 0.2) is 24.3 Å². The molecule has 0 fully saturated rings. The van der Waals surface area contributed by atoms with E-state index in [1.807, 2.05) is 6.08 Å². The molecule has 1 aromatic carbocycles. The molecule has 0 saturated heterocycles. The number of rotatable bonds is 6. The highest BCUT2D eigenvalue weighted by Gasteiger charge is 2.00. The second kappa shape index (κ2) is 7.00. The van der Waals surface area contributed by atoms with Crippen LogP contribution in [0.1, 0.15) is 42.9 Å². The van der Waals surface area contributed by atoms with E-state index in [1.165, 1.54) is 36.0 Å². The summed E-state index contributed by atoms with van der Waals surface area (Å²) in [6.45, 7) is 4.32. The highest BCUT2D eigenvalue weighted by Crippen LogP contribution is 2.16. The zero-order valence-electron chi connectivity index (χ0n) is 10.2. The van der Waals surface area contributed by atoms with Crippen molar-refractivity contribution in [3.05, 3.63) is 41.0 Å². The highest BCUT2D eigenvalue weighted by atomic mass is 16.1. The fraction of sp³-hybridized carbons (Fsp3) is 0.400. The van der Waals surface area contributed by atoms with Gasteiger partial charge in [0.15, 0.2) is 0 Å². The first-order valence-electron chi connectivity index (χ1n) is 5.99. The molecule has 0 aromatic heterocycles. The van der Waals surface area contributed by atoms with E-state index in [0.717, 1.165) is 12.7 Å². The van der Waals surface area contributed by atoms with Crippen LogP contribution in [0.4, 0.5) is 0 Å². The van der Waals surface area contributed by atoms with Crippen LogP contribution in [0.2, 0.25) is 0 Å². The van der Waals surface area contributed by atoms with Crippen LogP contribution in [-0.2, 0) is 11.2 Å². The van der Waals surface area contributed by atoms with Gasteiger partial charge in [0.25, 0.3) is 0 Å². The summed E-state index contributed by atoms with van der Waals surface area (Å²) in [5.41, 5.74) is 3.81. The average Bonchev–Trinajstić information content (AvgIpc) is 2.28. The maximum absolute atomic E-state index is 10.3. The minimum atomic E-state index is 0.829. The molecular weight excluding hydrogens is 196 g/mol. The minimum absolute atomic E-state index is 0.829. The Hall–Kier alpha value is -1.37. The van der Waals surface area contributed by atoms with Crippen molar-refractivity contribution in [2.24, 2.45) is 0 Å². The van der Waals surface area contributed by atoms with E-state index in [2.05, 4.69) is 32.0 Å². The number of hydrogen-bond donors (Lipinski definition) is 0. The van der Waals surface area contributed by atoms with Gasteiger partial charge in [0.05, 0.1) is 0 Å². The van der Waals surface area contributed by atoms with Crippen molar-refractivity contribution in [1.82, 2.24) is 0 Å². The van der Waals surface area contributed by atoms with Crippen molar-refractivity contribution in [3.63, 3.8) is 0 Å². The van der Waals surface area contributed by atoms with Gasteiger partial charge in [0.1, 0.15) is 6.29 Å². The molecule has 0 atom stereocenters. The topological polar surface area (TPSA) is 17.1 Å². The van der Waals surface area contributed by atoms with Crippen LogP contribution in [-0.4, -0.2) is 6.29 Å². The van der Waals surface area contributed by atoms with Gasteiger partial charge in [-0.1, -0.05) is 49.6 Å². The third kappa shape index (κ3) is 4.01. The highest BCUT2D eigenvalue weighted by molar-refractivity contribution is 5.74. The fourth-order valence-electron chi connectivity index (χ4n) is 1.82. The van der Waals surface area contributed by atoms with Crippen LogP contribution in [0.5, 0.6) is 0 Å². The summed E-state index contributed by atoms with van der Waals surface area (Å²) in [5.74, 6) is 0. The molecule has 86 valence electrons. The number of hydrogen-bond acceptors (Lipinski definition) is 1. The van der Waals surface area contributed by atoms with E-state index in [-0.39, 0.29) is 0 Å². The van der Waals surface area contributed by atoms with E-state index in [0.29, 0.717) is 0 Å². The zero-order valence-corrected chi connectivity index (χ0v) is 10.2. The molecule has 0 saturated carbocycles. The van der Waals surface area contributed by atoms with Gasteiger partial charge in [-0.05, 0) is 37.0 Å². The van der Waals surface area contributed by atoms with Gasteiger partial charge in [-0.25, -0.2) is 0 Å². The standard InChI is InChI=1S/C15H20O/c1-3-4-5-7-15-12-13(2)9-10-14(15)8-6-11-16/h6,8-12H,3-5,7H2,1-2H3. The Labute approximate surface area is 98.2 Å². The number of aldehydes is 1. The van der Waals surface area contributed by atoms with Gasteiger partial charge in [0, 0.05) is 0 Å². The summed E-state index contributed by atoms with van der Waals surface area (Å²) in [6, 6.07) is 6.41. The van der Waals surface area contributed by atoms with Gasteiger partial charge in [-0.2, -0.15) is 0 Å². The average molecular weight is 216 g/mol. The summed E-state index contributed by atoms with van der Waals surface area (Å²) in [6.07, 6.45) is 9.13. The zero-order chi connectivity index (χ0) is 11.8. The molecule has 0 amide bonds. The Morgan fingerprint density at radius 1 is 1.25 bits per heavy atom. The Bertz CT molecular complexity index is 364. The molecule has 0 aliphatic rings. The number of allylic oxidation sites excluding steroid dienone is 1. The molecule has 0 heterocycles. The number of benzene rings is 1. The Balaban J connectivity index is 2.80. The van der Waals surface area contributed by atoms with Crippen molar-refractivity contribution in [1.29, 1.82) is 0 Å². The van der Waals surface area contributed by atoms with Gasteiger partial charge in [0.2, 0.25) is 0 Å². The van der Waals surface area contributed by atoms with Crippen molar-refractivity contribution < 1.29 is 4.79 Å². The molecule has 1 heteroatoms. The molecule has 0 N–H and O–H groups in total. The number of unbranched alkanes of at least 4 members (excludes halogenated alkanes) is 2. The lowest BCUT2D eigenvalue weighted by Gasteiger charge is -2.07. The summed E-state index contributed by atoms with van der Waals surface area (Å²) < 4.78 is 0. The molecular formula is C15H20O. The summed E-state index contributed by atoms with van der Waals surface area (Å²) in [7, 11) is 0. The largest absolute Gasteiger partial charge is 0.299 e. The molecule has 0 aliphatic heterocycles. The van der Waals surface area contributed by atoms with Gasteiger partial charge >= 0.3 is 0 Å². The molecule has 0 aliphatic carbocycles. The third-order valence-electron chi connectivity index (χ3n) is 2.70. The maximum atomic E-state index is 10.3. The van der Waals surface area contributed by atoms with Crippen LogP contribution >= 0.6 is 0 Å². The predicted molar refractivity (Wildman–Crippen MR) is 69.5 cm³/mol. The van der Waals surface area contributed by atoms with Crippen LogP contribution in [0.3, 0.4) is 0 Å². The molecule has 0 radical (unpaired) electrons. The quantitative estimate of drug-likeness (QED) is 0.400. The first-order chi connectivity index (χ1) is 7.77. The van der Waals surface area contributed by atoms with E-state index >= 15 is 0 Å². The summed E-state index contributed by atoms with van der Waals surface area (Å²) >= 11 is 0. The summed E-state index contributed by atoms with van der Waals surface area (Å²) in [4.78, 5) is 10.3. The summed E-state index contributed by atoms with van der Waals surface area (Å²) in [5, 5.41) is 0. The van der Waals surface area contributed by atoms with Crippen LogP contribution in [0, 0.1) is 6.92 Å². The predicted octanol–water partition coefficient (Wildman–Crippen LogP) is 3.94. The van der Waals surface area contributed by atoms with Gasteiger partial charge in [-0.15, -0.1) is 0 Å². The van der Waals surface area contributed by atoms with Crippen molar-refractivity contribution >= 4 is 12.4 Å². The second-order valence-electron chi connectivity index (χ2n) is 4.15. The van der Waals surface area contributed by atoms with E-state index in [4.69, 9.17) is 0 Å². The Kier molecular flexibility index (Phi) is 5.55. The van der Waals surface area contributed by atoms with Crippen molar-refractivity contribution in [2.45, 2.75) is 39.5 Å². The van der Waals surface area contributed by atoms with Crippen molar-refractivity contribution in [2.75, 3.05) is 0 Å². The number of aryl methyl sites for hydroxylation is 2. The van der Waals surface area contributed by atoms with E-state index in [9.17, 15) is 4.79 Å². The SMILES string of the molecule is CCCCCc1cc(C)ccc1C=CC=O. The molecule has 1 aromatic rings. The first kappa shape index (κ1) is 12.7. The second-order valence-corrected chi connectivity index (χ2v) is 4.15.